The Balaban J connectivity index is 2.98. The quantitative estimate of drug-likeness (QED) is 0.332. The lowest BCUT2D eigenvalue weighted by molar-refractivity contribution is -0.150. The lowest BCUT2D eigenvalue weighted by Crippen LogP contribution is -2.59. The minimum absolute atomic E-state index is 0.0498. The molecule has 3 N–H and O–H groups in total. The third kappa shape index (κ3) is 9.68. The van der Waals surface area contributed by atoms with Crippen LogP contribution in [0, 0.1) is 11.8 Å². The van der Waals surface area contributed by atoms with Crippen molar-refractivity contribution < 1.29 is 33.8 Å². The number of ether oxygens (including phenoxy) is 1. The Morgan fingerprint density at radius 3 is 2.08 bits per heavy atom. The molecule has 11 nitrogen and oxygen atoms in total. The van der Waals surface area contributed by atoms with E-state index in [0.717, 1.165) is 5.56 Å². The first-order valence-electron chi connectivity index (χ1n) is 12.8. The molecule has 0 aliphatic rings. The van der Waals surface area contributed by atoms with E-state index < -0.39 is 47.9 Å². The van der Waals surface area contributed by atoms with E-state index in [1.165, 1.54) is 30.8 Å². The largest absolute Gasteiger partial charge is 0.481 e. The Hall–Kier alpha value is -3.63. The van der Waals surface area contributed by atoms with Crippen molar-refractivity contribution in [1.29, 1.82) is 0 Å². The number of amides is 4. The van der Waals surface area contributed by atoms with Gasteiger partial charge in [0.15, 0.2) is 0 Å². The summed E-state index contributed by atoms with van der Waals surface area (Å²) in [5, 5.41) is 13.9. The molecule has 0 saturated carbocycles. The number of carbonyl (C=O) groups is 5. The summed E-state index contributed by atoms with van der Waals surface area (Å²) in [5.74, 6) is -2.99. The number of rotatable bonds is 14. The number of carbonyl (C=O) groups excluding carboxylic acids is 4. The van der Waals surface area contributed by atoms with Gasteiger partial charge >= 0.3 is 12.1 Å². The van der Waals surface area contributed by atoms with Crippen molar-refractivity contribution in [3.8, 4) is 0 Å². The molecule has 1 aromatic carbocycles. The molecular formula is C27H42N4O7. The Morgan fingerprint density at radius 2 is 1.55 bits per heavy atom. The van der Waals surface area contributed by atoms with Crippen molar-refractivity contribution in [2.45, 2.75) is 72.2 Å². The van der Waals surface area contributed by atoms with E-state index in [9.17, 15) is 24.0 Å². The summed E-state index contributed by atoms with van der Waals surface area (Å²) in [6.07, 6.45) is -0.381. The minimum Gasteiger partial charge on any atom is -0.481 e. The predicted molar refractivity (Wildman–Crippen MR) is 142 cm³/mol. The first-order valence-corrected chi connectivity index (χ1v) is 12.8. The van der Waals surface area contributed by atoms with Crippen LogP contribution in [0.25, 0.3) is 0 Å². The molecule has 1 aromatic rings. The van der Waals surface area contributed by atoms with Gasteiger partial charge in [-0.25, -0.2) is 4.79 Å². The van der Waals surface area contributed by atoms with Gasteiger partial charge in [-0.1, -0.05) is 64.4 Å². The summed E-state index contributed by atoms with van der Waals surface area (Å²) in [5.41, 5.74) is 0.806. The van der Waals surface area contributed by atoms with Crippen molar-refractivity contribution in [3.05, 3.63) is 35.9 Å². The summed E-state index contributed by atoms with van der Waals surface area (Å²) in [6.45, 7) is 8.82. The van der Waals surface area contributed by atoms with Crippen LogP contribution in [0.5, 0.6) is 0 Å². The number of benzene rings is 1. The molecule has 0 aliphatic carbocycles. The predicted octanol–water partition coefficient (Wildman–Crippen LogP) is 2.25. The first kappa shape index (κ1) is 32.4. The number of nitrogens with zero attached hydrogens (tertiary/aromatic N) is 2. The van der Waals surface area contributed by atoms with Gasteiger partial charge in [0.1, 0.15) is 24.7 Å². The van der Waals surface area contributed by atoms with Gasteiger partial charge in [0, 0.05) is 20.6 Å². The topological polar surface area (TPSA) is 145 Å². The highest BCUT2D eigenvalue weighted by Gasteiger charge is 2.38. The van der Waals surface area contributed by atoms with Gasteiger partial charge in [-0.3, -0.25) is 19.2 Å². The summed E-state index contributed by atoms with van der Waals surface area (Å²) >= 11 is 0. The van der Waals surface area contributed by atoms with Crippen LogP contribution in [0.2, 0.25) is 0 Å². The van der Waals surface area contributed by atoms with Crippen LogP contribution in [-0.4, -0.2) is 83.5 Å². The molecule has 4 atom stereocenters. The number of nitrogens with one attached hydrogen (secondary N) is 2. The van der Waals surface area contributed by atoms with Gasteiger partial charge < -0.3 is 30.3 Å². The smallest absolute Gasteiger partial charge is 0.408 e. The second-order valence-corrected chi connectivity index (χ2v) is 9.77. The van der Waals surface area contributed by atoms with Crippen LogP contribution in [0.15, 0.2) is 30.3 Å². The van der Waals surface area contributed by atoms with E-state index in [-0.39, 0.29) is 31.4 Å². The van der Waals surface area contributed by atoms with Crippen LogP contribution in [-0.2, 0) is 30.5 Å². The zero-order chi connectivity index (χ0) is 29.0. The van der Waals surface area contributed by atoms with Crippen molar-refractivity contribution in [1.82, 2.24) is 20.4 Å². The first-order chi connectivity index (χ1) is 17.8. The average molecular weight is 535 g/mol. The van der Waals surface area contributed by atoms with Crippen LogP contribution in [0.1, 0.15) is 53.0 Å². The summed E-state index contributed by atoms with van der Waals surface area (Å²) in [6, 6.07) is 6.43. The third-order valence-electron chi connectivity index (χ3n) is 6.56. The zero-order valence-corrected chi connectivity index (χ0v) is 23.4. The third-order valence-corrected chi connectivity index (χ3v) is 6.56. The Bertz CT molecular complexity index is 954. The fraction of sp³-hybridized carbons (Fsp3) is 0.593. The fourth-order valence-electron chi connectivity index (χ4n) is 3.85. The highest BCUT2D eigenvalue weighted by molar-refractivity contribution is 5.94. The molecule has 0 bridgehead atoms. The van der Waals surface area contributed by atoms with Crippen molar-refractivity contribution >= 4 is 29.8 Å². The zero-order valence-electron chi connectivity index (χ0n) is 23.4. The second-order valence-electron chi connectivity index (χ2n) is 9.77. The number of carboxylic acids is 1. The van der Waals surface area contributed by atoms with Gasteiger partial charge in [0.2, 0.25) is 17.7 Å². The highest BCUT2D eigenvalue weighted by Crippen LogP contribution is 2.18. The van der Waals surface area contributed by atoms with E-state index in [0.29, 0.717) is 6.42 Å². The molecule has 4 amide bonds. The molecule has 0 heterocycles. The number of aliphatic carboxylic acids is 1. The van der Waals surface area contributed by atoms with Crippen LogP contribution in [0.3, 0.4) is 0 Å². The van der Waals surface area contributed by atoms with Gasteiger partial charge in [0.05, 0.1) is 6.42 Å². The Labute approximate surface area is 224 Å². The van der Waals surface area contributed by atoms with Gasteiger partial charge in [-0.15, -0.1) is 0 Å². The maximum atomic E-state index is 13.6. The molecule has 11 heteroatoms. The maximum absolute atomic E-state index is 13.6. The molecular weight excluding hydrogens is 492 g/mol. The molecule has 212 valence electrons. The van der Waals surface area contributed by atoms with Crippen molar-refractivity contribution in [2.24, 2.45) is 11.8 Å². The molecule has 38 heavy (non-hydrogen) atoms. The van der Waals surface area contributed by atoms with E-state index in [4.69, 9.17) is 9.84 Å². The molecule has 0 fully saturated rings. The summed E-state index contributed by atoms with van der Waals surface area (Å²) in [4.78, 5) is 65.3. The van der Waals surface area contributed by atoms with E-state index in [1.807, 2.05) is 44.2 Å². The Kier molecular flexibility index (Phi) is 13.3. The minimum atomic E-state index is -1.05. The van der Waals surface area contributed by atoms with Gasteiger partial charge in [0.25, 0.3) is 0 Å². The SMILES string of the molecule is CC[C@H](C)[C@H](NC(=O)OCc1ccccc1)C(=O)N(C)[C@H](C(=O)N(C)[C@@H](C)C(=O)NCCC(=O)O)C(C)C. The lowest BCUT2D eigenvalue weighted by Gasteiger charge is -2.37. The number of hydrogen-bond acceptors (Lipinski definition) is 6. The number of carboxylic acid groups (broad SMARTS) is 1. The number of likely N-dealkylation sites (N-methyl/N-ethyl adjacent to an activating group) is 2. The van der Waals surface area contributed by atoms with Gasteiger partial charge in [-0.2, -0.15) is 0 Å². The standard InChI is InChI=1S/C27H42N4O7/c1-8-18(4)22(29-27(37)38-16-20-12-10-9-11-13-20)25(35)31(7)23(17(2)3)26(36)30(6)19(5)24(34)28-15-14-21(32)33/h9-13,17-19,22-23H,8,14-16H2,1-7H3,(H,28,34)(H,29,37)(H,32,33)/t18-,19-,22-,23-/m0/s1. The maximum Gasteiger partial charge on any atom is 0.408 e. The molecule has 0 aromatic heterocycles. The molecule has 0 unspecified atom stereocenters. The lowest BCUT2D eigenvalue weighted by atomic mass is 9.95. The monoisotopic (exact) mass is 534 g/mol. The van der Waals surface area contributed by atoms with Crippen molar-refractivity contribution in [3.63, 3.8) is 0 Å². The molecule has 0 spiro atoms. The van der Waals surface area contributed by atoms with Crippen LogP contribution in [0.4, 0.5) is 4.79 Å². The Morgan fingerprint density at radius 1 is 0.947 bits per heavy atom. The average Bonchev–Trinajstić information content (AvgIpc) is 2.88. The molecule has 0 saturated heterocycles. The normalized spacial score (nSPS) is 14.0. The summed E-state index contributed by atoms with van der Waals surface area (Å²) < 4.78 is 5.30. The van der Waals surface area contributed by atoms with Gasteiger partial charge in [-0.05, 0) is 24.3 Å². The van der Waals surface area contributed by atoms with E-state index >= 15 is 0 Å². The van der Waals surface area contributed by atoms with E-state index in [2.05, 4.69) is 10.6 Å². The second kappa shape index (κ2) is 15.6. The number of alkyl carbamates (subject to hydrolysis) is 1. The molecule has 0 aliphatic heterocycles. The van der Waals surface area contributed by atoms with Crippen LogP contribution >= 0.6 is 0 Å². The van der Waals surface area contributed by atoms with Crippen LogP contribution < -0.4 is 10.6 Å². The van der Waals surface area contributed by atoms with Crippen molar-refractivity contribution in [2.75, 3.05) is 20.6 Å². The number of hydrogen-bond donors (Lipinski definition) is 3. The molecule has 0 radical (unpaired) electrons. The summed E-state index contributed by atoms with van der Waals surface area (Å²) in [7, 11) is 2.96. The highest BCUT2D eigenvalue weighted by atomic mass is 16.5. The molecule has 1 rings (SSSR count). The fourth-order valence-corrected chi connectivity index (χ4v) is 3.85. The van der Waals surface area contributed by atoms with E-state index in [1.54, 1.807) is 13.8 Å².